The zero-order chi connectivity index (χ0) is 27.8. The van der Waals surface area contributed by atoms with Crippen molar-refractivity contribution < 1.29 is 34.7 Å². The SMILES string of the molecule is COC1C=C(C(C)CCC(C)C2CCC3(C)C4CC(O)C5C(O)C(O)C(O)CC5(C)C4=CCC23C)C(=O)O1. The molecule has 13 atom stereocenters. The van der Waals surface area contributed by atoms with Crippen molar-refractivity contribution in [1.82, 2.24) is 0 Å². The molecule has 0 amide bonds. The molecule has 0 aromatic rings. The van der Waals surface area contributed by atoms with Gasteiger partial charge < -0.3 is 29.9 Å². The summed E-state index contributed by atoms with van der Waals surface area (Å²) < 4.78 is 10.4. The number of carbonyl (C=O) groups is 1. The van der Waals surface area contributed by atoms with Gasteiger partial charge in [-0.15, -0.1) is 0 Å². The van der Waals surface area contributed by atoms with Gasteiger partial charge in [0.2, 0.25) is 6.29 Å². The zero-order valence-corrected chi connectivity index (χ0v) is 23.9. The normalized spacial score (nSPS) is 49.8. The van der Waals surface area contributed by atoms with Gasteiger partial charge in [0.15, 0.2) is 0 Å². The number of cyclic esters (lactones) is 1. The molecule has 4 N–H and O–H groups in total. The van der Waals surface area contributed by atoms with Crippen LogP contribution in [0.5, 0.6) is 0 Å². The van der Waals surface area contributed by atoms with Crippen LogP contribution in [0.25, 0.3) is 0 Å². The quantitative estimate of drug-likeness (QED) is 0.304. The summed E-state index contributed by atoms with van der Waals surface area (Å²) in [5.41, 5.74) is 1.54. The van der Waals surface area contributed by atoms with Crippen LogP contribution in [0.1, 0.15) is 79.6 Å². The highest BCUT2D eigenvalue weighted by Crippen LogP contribution is 2.72. The maximum atomic E-state index is 12.3. The van der Waals surface area contributed by atoms with Crippen molar-refractivity contribution in [3.63, 3.8) is 0 Å². The first-order chi connectivity index (χ1) is 17.8. The Bertz CT molecular complexity index is 1010. The van der Waals surface area contributed by atoms with E-state index in [1.807, 2.05) is 0 Å². The summed E-state index contributed by atoms with van der Waals surface area (Å²) in [7, 11) is 1.54. The van der Waals surface area contributed by atoms with Crippen LogP contribution in [-0.2, 0) is 14.3 Å². The smallest absolute Gasteiger partial charge is 0.336 e. The van der Waals surface area contributed by atoms with Crippen molar-refractivity contribution in [1.29, 1.82) is 0 Å². The van der Waals surface area contributed by atoms with Crippen molar-refractivity contribution in [2.45, 2.75) is 110 Å². The number of aliphatic hydroxyl groups excluding tert-OH is 4. The number of ether oxygens (including phenoxy) is 2. The lowest BCUT2D eigenvalue weighted by atomic mass is 9.43. The van der Waals surface area contributed by atoms with Gasteiger partial charge in [0.05, 0.1) is 18.3 Å². The van der Waals surface area contributed by atoms with Crippen LogP contribution in [0.2, 0.25) is 0 Å². The largest absolute Gasteiger partial charge is 0.429 e. The molecule has 0 aromatic carbocycles. The first kappa shape index (κ1) is 28.3. The lowest BCUT2D eigenvalue weighted by Gasteiger charge is -2.63. The van der Waals surface area contributed by atoms with Crippen LogP contribution in [0, 0.1) is 45.8 Å². The summed E-state index contributed by atoms with van der Waals surface area (Å²) in [4.78, 5) is 12.3. The maximum Gasteiger partial charge on any atom is 0.336 e. The third-order valence-electron chi connectivity index (χ3n) is 12.3. The molecule has 0 spiro atoms. The number of rotatable bonds is 6. The fourth-order valence-corrected chi connectivity index (χ4v) is 9.81. The van der Waals surface area contributed by atoms with Gasteiger partial charge >= 0.3 is 5.97 Å². The Morgan fingerprint density at radius 1 is 1.05 bits per heavy atom. The minimum atomic E-state index is -1.22. The van der Waals surface area contributed by atoms with Crippen molar-refractivity contribution in [2.75, 3.05) is 7.11 Å². The van der Waals surface area contributed by atoms with Gasteiger partial charge in [-0.25, -0.2) is 4.79 Å². The molecule has 0 aromatic heterocycles. The molecule has 0 bridgehead atoms. The summed E-state index contributed by atoms with van der Waals surface area (Å²) in [6.45, 7) is 11.4. The Morgan fingerprint density at radius 3 is 2.42 bits per heavy atom. The zero-order valence-electron chi connectivity index (χ0n) is 23.9. The van der Waals surface area contributed by atoms with Gasteiger partial charge in [-0.2, -0.15) is 0 Å². The summed E-state index contributed by atoms with van der Waals surface area (Å²) >= 11 is 0. The topological polar surface area (TPSA) is 116 Å². The molecule has 13 unspecified atom stereocenters. The van der Waals surface area contributed by atoms with Gasteiger partial charge in [-0.3, -0.25) is 0 Å². The third kappa shape index (κ3) is 3.98. The molecule has 5 rings (SSSR count). The second-order valence-electron chi connectivity index (χ2n) is 14.0. The number of methoxy groups -OCH3 is 1. The van der Waals surface area contributed by atoms with Crippen LogP contribution < -0.4 is 0 Å². The Hall–Kier alpha value is -1.25. The predicted octanol–water partition coefficient (Wildman–Crippen LogP) is 3.74. The number of allylic oxidation sites excluding steroid dienone is 2. The highest BCUT2D eigenvalue weighted by molar-refractivity contribution is 5.91. The summed E-state index contributed by atoms with van der Waals surface area (Å²) in [5.74, 6) is 0.585. The summed E-state index contributed by atoms with van der Waals surface area (Å²) in [6.07, 6.45) is 5.61. The molecule has 7 heteroatoms. The minimum Gasteiger partial charge on any atom is -0.429 e. The van der Waals surface area contributed by atoms with Crippen molar-refractivity contribution in [3.8, 4) is 0 Å². The van der Waals surface area contributed by atoms with Crippen molar-refractivity contribution in [3.05, 3.63) is 23.3 Å². The number of aliphatic hydroxyl groups is 4. The monoisotopic (exact) mass is 532 g/mol. The molecule has 3 saturated carbocycles. The standard InChI is InChI=1S/C31H48O7/c1-16(18-13-24(37-6)38-28(18)36)7-8-17(2)19-9-11-31(5)21-14-22(32)25-27(35)26(34)23(33)15-29(25,3)20(21)10-12-30(19,31)4/h10,13,16-17,19,21-27,32-35H,7-9,11-12,14-15H2,1-6H3. The maximum absolute atomic E-state index is 12.3. The Balaban J connectivity index is 1.36. The summed E-state index contributed by atoms with van der Waals surface area (Å²) in [5, 5.41) is 43.2. The van der Waals surface area contributed by atoms with E-state index in [0.717, 1.165) is 37.7 Å². The molecule has 214 valence electrons. The number of hydrogen-bond acceptors (Lipinski definition) is 7. The van der Waals surface area contributed by atoms with E-state index in [-0.39, 0.29) is 28.6 Å². The van der Waals surface area contributed by atoms with E-state index < -0.39 is 42.0 Å². The van der Waals surface area contributed by atoms with Crippen molar-refractivity contribution in [2.24, 2.45) is 45.8 Å². The summed E-state index contributed by atoms with van der Waals surface area (Å²) in [6, 6.07) is 0. The Kier molecular flexibility index (Phi) is 7.21. The molecule has 4 aliphatic carbocycles. The van der Waals surface area contributed by atoms with Gasteiger partial charge in [0, 0.05) is 18.6 Å². The van der Waals surface area contributed by atoms with Gasteiger partial charge in [-0.05, 0) is 90.9 Å². The van der Waals surface area contributed by atoms with Crippen molar-refractivity contribution >= 4 is 5.97 Å². The first-order valence-electron chi connectivity index (χ1n) is 14.7. The highest BCUT2D eigenvalue weighted by Gasteiger charge is 2.66. The van der Waals surface area contributed by atoms with Crippen LogP contribution in [0.15, 0.2) is 23.3 Å². The molecule has 1 aliphatic heterocycles. The highest BCUT2D eigenvalue weighted by atomic mass is 16.7. The number of esters is 1. The molecule has 7 nitrogen and oxygen atoms in total. The molecular weight excluding hydrogens is 484 g/mol. The predicted molar refractivity (Wildman–Crippen MR) is 143 cm³/mol. The lowest BCUT2D eigenvalue weighted by Crippen LogP contribution is -2.64. The Morgan fingerprint density at radius 2 is 1.76 bits per heavy atom. The second-order valence-corrected chi connectivity index (χ2v) is 14.0. The average molecular weight is 533 g/mol. The number of carbonyl (C=O) groups excluding carboxylic acids is 1. The molecule has 1 heterocycles. The second kappa shape index (κ2) is 9.69. The van der Waals surface area contributed by atoms with E-state index in [9.17, 15) is 25.2 Å². The minimum absolute atomic E-state index is 0.00598. The van der Waals surface area contributed by atoms with Gasteiger partial charge in [0.1, 0.15) is 6.10 Å². The Labute approximate surface area is 227 Å². The van der Waals surface area contributed by atoms with E-state index in [1.54, 1.807) is 13.2 Å². The number of fused-ring (bicyclic) bond motifs is 5. The fraction of sp³-hybridized carbons (Fsp3) is 0.839. The molecule has 38 heavy (non-hydrogen) atoms. The average Bonchev–Trinajstić information content (AvgIpc) is 3.37. The molecule has 3 fully saturated rings. The first-order valence-corrected chi connectivity index (χ1v) is 14.7. The van der Waals surface area contributed by atoms with Crippen LogP contribution >= 0.6 is 0 Å². The van der Waals surface area contributed by atoms with E-state index >= 15 is 0 Å². The molecule has 0 saturated heterocycles. The van der Waals surface area contributed by atoms with E-state index in [2.05, 4.69) is 40.7 Å². The van der Waals surface area contributed by atoms with Gasteiger partial charge in [0.25, 0.3) is 0 Å². The molecule has 5 aliphatic rings. The van der Waals surface area contributed by atoms with E-state index in [0.29, 0.717) is 24.7 Å². The number of hydrogen-bond donors (Lipinski definition) is 4. The third-order valence-corrected chi connectivity index (χ3v) is 12.3. The van der Waals surface area contributed by atoms with E-state index in [1.165, 1.54) is 5.57 Å². The lowest BCUT2D eigenvalue weighted by molar-refractivity contribution is -0.195. The fourth-order valence-electron chi connectivity index (χ4n) is 9.81. The molecular formula is C31H48O7. The van der Waals surface area contributed by atoms with Crippen LogP contribution in [0.4, 0.5) is 0 Å². The van der Waals surface area contributed by atoms with Crippen LogP contribution in [0.3, 0.4) is 0 Å². The van der Waals surface area contributed by atoms with Crippen LogP contribution in [-0.4, -0.2) is 64.2 Å². The van der Waals surface area contributed by atoms with Gasteiger partial charge in [-0.1, -0.05) is 46.3 Å². The van der Waals surface area contributed by atoms with E-state index in [4.69, 9.17) is 9.47 Å². The molecule has 0 radical (unpaired) electrons.